The second kappa shape index (κ2) is 7.83. The maximum atomic E-state index is 10.4. The molecule has 5 nitrogen and oxygen atoms in total. The van der Waals surface area contributed by atoms with Crippen LogP contribution in [0.25, 0.3) is 0 Å². The second-order valence-electron chi connectivity index (χ2n) is 4.83. The van der Waals surface area contributed by atoms with Crippen LogP contribution >= 0.6 is 0 Å². The lowest BCUT2D eigenvalue weighted by Gasteiger charge is -1.99. The molecule has 0 fully saturated rings. The maximum absolute atomic E-state index is 10.4. The van der Waals surface area contributed by atoms with E-state index < -0.39 is 4.92 Å². The molecule has 0 radical (unpaired) electrons. The van der Waals surface area contributed by atoms with Crippen molar-refractivity contribution < 1.29 is 14.5 Å². The molecule has 0 atom stereocenters. The highest BCUT2D eigenvalue weighted by molar-refractivity contribution is 5.77. The lowest BCUT2D eigenvalue weighted by atomic mass is 10.1. The molecule has 0 aliphatic rings. The third-order valence-corrected chi connectivity index (χ3v) is 3.33. The Bertz CT molecular complexity index is 708. The zero-order valence-electron chi connectivity index (χ0n) is 12.7. The monoisotopic (exact) mass is 299 g/mol. The van der Waals surface area contributed by atoms with Crippen LogP contribution < -0.4 is 0 Å². The second-order valence-corrected chi connectivity index (χ2v) is 4.83. The van der Waals surface area contributed by atoms with E-state index in [2.05, 4.69) is 0 Å². The number of aldehydes is 2. The van der Waals surface area contributed by atoms with E-state index in [1.165, 1.54) is 23.8 Å². The van der Waals surface area contributed by atoms with E-state index in [1.54, 1.807) is 6.92 Å². The van der Waals surface area contributed by atoms with E-state index in [-0.39, 0.29) is 5.69 Å². The number of carbonyl (C=O) groups excluding carboxylic acids is 2. The van der Waals surface area contributed by atoms with Crippen molar-refractivity contribution in [1.29, 1.82) is 0 Å². The van der Waals surface area contributed by atoms with Crippen LogP contribution in [0.15, 0.2) is 36.4 Å². The van der Waals surface area contributed by atoms with Crippen molar-refractivity contribution in [3.8, 4) is 0 Å². The van der Waals surface area contributed by atoms with E-state index in [0.29, 0.717) is 17.4 Å². The van der Waals surface area contributed by atoms with Crippen LogP contribution in [0.3, 0.4) is 0 Å². The van der Waals surface area contributed by atoms with Crippen molar-refractivity contribution in [2.45, 2.75) is 20.8 Å². The summed E-state index contributed by atoms with van der Waals surface area (Å²) in [7, 11) is 0. The van der Waals surface area contributed by atoms with Gasteiger partial charge in [-0.25, -0.2) is 0 Å². The Morgan fingerprint density at radius 3 is 2.09 bits per heavy atom. The Morgan fingerprint density at radius 1 is 0.955 bits per heavy atom. The van der Waals surface area contributed by atoms with Gasteiger partial charge in [0, 0.05) is 22.8 Å². The van der Waals surface area contributed by atoms with E-state index in [1.807, 2.05) is 32.0 Å². The Morgan fingerprint density at radius 2 is 1.64 bits per heavy atom. The molecule has 0 spiro atoms. The molecule has 0 aliphatic carbocycles. The SMILES string of the molecule is Cc1cc(C=O)ccc1[N+](=O)[O-].Cc1cccc(C=O)c1C. The number of hydrogen-bond donors (Lipinski definition) is 0. The Labute approximate surface area is 128 Å². The predicted octanol–water partition coefficient (Wildman–Crippen LogP) is 3.83. The molecule has 0 saturated carbocycles. The van der Waals surface area contributed by atoms with Gasteiger partial charge in [-0.3, -0.25) is 19.7 Å². The van der Waals surface area contributed by atoms with Gasteiger partial charge in [0.2, 0.25) is 0 Å². The molecule has 0 unspecified atom stereocenters. The highest BCUT2D eigenvalue weighted by Crippen LogP contribution is 2.17. The molecule has 114 valence electrons. The normalized spacial score (nSPS) is 9.41. The zero-order valence-corrected chi connectivity index (χ0v) is 12.7. The van der Waals surface area contributed by atoms with Crippen molar-refractivity contribution in [2.24, 2.45) is 0 Å². The molecular weight excluding hydrogens is 282 g/mol. The van der Waals surface area contributed by atoms with Crippen LogP contribution in [0.1, 0.15) is 37.4 Å². The van der Waals surface area contributed by atoms with Gasteiger partial charge < -0.3 is 0 Å². The minimum Gasteiger partial charge on any atom is -0.298 e. The topological polar surface area (TPSA) is 77.3 Å². The highest BCUT2D eigenvalue weighted by Gasteiger charge is 2.09. The minimum atomic E-state index is -0.468. The van der Waals surface area contributed by atoms with Crippen molar-refractivity contribution in [2.75, 3.05) is 0 Å². The van der Waals surface area contributed by atoms with E-state index >= 15 is 0 Å². The Kier molecular flexibility index (Phi) is 6.13. The molecule has 0 heterocycles. The third-order valence-electron chi connectivity index (χ3n) is 3.33. The van der Waals surface area contributed by atoms with Crippen LogP contribution in [-0.4, -0.2) is 17.5 Å². The number of nitro groups is 1. The van der Waals surface area contributed by atoms with Gasteiger partial charge in [-0.15, -0.1) is 0 Å². The van der Waals surface area contributed by atoms with E-state index in [4.69, 9.17) is 0 Å². The standard InChI is InChI=1S/C9H10O.C8H7NO3/c1-7-4-3-5-9(6-10)8(7)2;1-6-4-7(5-10)2-3-8(6)9(11)12/h3-6H,1-2H3;2-5H,1H3. The van der Waals surface area contributed by atoms with Crippen LogP contribution in [0.5, 0.6) is 0 Å². The van der Waals surface area contributed by atoms with Crippen LogP contribution in [0.4, 0.5) is 5.69 Å². The van der Waals surface area contributed by atoms with E-state index in [9.17, 15) is 19.7 Å². The number of rotatable bonds is 3. The molecule has 2 aromatic rings. The van der Waals surface area contributed by atoms with Gasteiger partial charge >= 0.3 is 0 Å². The number of benzene rings is 2. The number of nitrogens with zero attached hydrogens (tertiary/aromatic N) is 1. The van der Waals surface area contributed by atoms with Gasteiger partial charge in [0.1, 0.15) is 12.6 Å². The first kappa shape index (κ1) is 17.2. The Balaban J connectivity index is 0.000000224. The summed E-state index contributed by atoms with van der Waals surface area (Å²) < 4.78 is 0. The van der Waals surface area contributed by atoms with Gasteiger partial charge in [-0.1, -0.05) is 18.2 Å². The first-order chi connectivity index (χ1) is 10.4. The molecular formula is C17H17NO4. The molecule has 22 heavy (non-hydrogen) atoms. The van der Waals surface area contributed by atoms with Crippen molar-refractivity contribution in [3.05, 3.63) is 74.3 Å². The third kappa shape index (κ3) is 4.34. The van der Waals surface area contributed by atoms with Crippen LogP contribution in [0.2, 0.25) is 0 Å². The van der Waals surface area contributed by atoms with Gasteiger partial charge in [-0.2, -0.15) is 0 Å². The van der Waals surface area contributed by atoms with Crippen LogP contribution in [0, 0.1) is 30.9 Å². The smallest absolute Gasteiger partial charge is 0.272 e. The van der Waals surface area contributed by atoms with Crippen molar-refractivity contribution in [1.82, 2.24) is 0 Å². The predicted molar refractivity (Wildman–Crippen MR) is 84.5 cm³/mol. The van der Waals surface area contributed by atoms with Gasteiger partial charge in [0.15, 0.2) is 0 Å². The van der Waals surface area contributed by atoms with Gasteiger partial charge in [0.05, 0.1) is 4.92 Å². The lowest BCUT2D eigenvalue weighted by molar-refractivity contribution is -0.385. The van der Waals surface area contributed by atoms with Gasteiger partial charge in [0.25, 0.3) is 5.69 Å². The molecule has 0 saturated heterocycles. The molecule has 0 aliphatic heterocycles. The Hall–Kier alpha value is -2.82. The summed E-state index contributed by atoms with van der Waals surface area (Å²) in [6.07, 6.45) is 1.55. The van der Waals surface area contributed by atoms with Crippen LogP contribution in [-0.2, 0) is 0 Å². The van der Waals surface area contributed by atoms with Gasteiger partial charge in [-0.05, 0) is 44.0 Å². The fraction of sp³-hybridized carbons (Fsp3) is 0.176. The number of carbonyl (C=O) groups is 2. The van der Waals surface area contributed by atoms with Crippen molar-refractivity contribution in [3.63, 3.8) is 0 Å². The molecule has 0 amide bonds. The zero-order chi connectivity index (χ0) is 16.7. The molecule has 0 N–H and O–H groups in total. The number of aryl methyl sites for hydroxylation is 2. The number of hydrogen-bond acceptors (Lipinski definition) is 4. The summed E-state index contributed by atoms with van der Waals surface area (Å²) in [5.41, 5.74) is 4.05. The maximum Gasteiger partial charge on any atom is 0.272 e. The number of nitro benzene ring substituents is 1. The first-order valence-corrected chi connectivity index (χ1v) is 6.62. The summed E-state index contributed by atoms with van der Waals surface area (Å²) in [6, 6.07) is 9.98. The fourth-order valence-corrected chi connectivity index (χ4v) is 1.86. The van der Waals surface area contributed by atoms with E-state index in [0.717, 1.165) is 17.4 Å². The molecule has 2 aromatic carbocycles. The summed E-state index contributed by atoms with van der Waals surface area (Å²) in [4.78, 5) is 30.5. The summed E-state index contributed by atoms with van der Waals surface area (Å²) in [6.45, 7) is 5.56. The minimum absolute atomic E-state index is 0.0422. The van der Waals surface area contributed by atoms with Crippen molar-refractivity contribution >= 4 is 18.3 Å². The molecule has 0 aromatic heterocycles. The fourth-order valence-electron chi connectivity index (χ4n) is 1.86. The quantitative estimate of drug-likeness (QED) is 0.490. The lowest BCUT2D eigenvalue weighted by Crippen LogP contribution is -1.92. The first-order valence-electron chi connectivity index (χ1n) is 6.62. The summed E-state index contributed by atoms with van der Waals surface area (Å²) >= 11 is 0. The average molecular weight is 299 g/mol. The summed E-state index contributed by atoms with van der Waals surface area (Å²) in [5.74, 6) is 0. The highest BCUT2D eigenvalue weighted by atomic mass is 16.6. The summed E-state index contributed by atoms with van der Waals surface area (Å²) in [5, 5.41) is 10.3. The largest absolute Gasteiger partial charge is 0.298 e. The molecule has 5 heteroatoms. The average Bonchev–Trinajstić information content (AvgIpc) is 2.50. The molecule has 0 bridgehead atoms. The molecule has 2 rings (SSSR count).